The minimum Gasteiger partial charge on any atom is -0.374 e. The topological polar surface area (TPSA) is 38.0 Å². The average Bonchev–Trinajstić information content (AvgIpc) is 2.67. The van der Waals surface area contributed by atoms with Crippen LogP contribution in [0.15, 0.2) is 36.5 Å². The Kier molecular flexibility index (Phi) is 2.52. The first-order chi connectivity index (χ1) is 6.81. The van der Waals surface area contributed by atoms with Crippen LogP contribution in [0.25, 0.3) is 11.3 Å². The maximum atomic E-state index is 9.00. The highest BCUT2D eigenvalue weighted by Crippen LogP contribution is 2.20. The molecule has 0 aliphatic carbocycles. The highest BCUT2D eigenvalue weighted by atomic mass is 35.5. The maximum Gasteiger partial charge on any atom is 0.136 e. The summed E-state index contributed by atoms with van der Waals surface area (Å²) in [7, 11) is 0. The molecule has 0 saturated carbocycles. The molecule has 1 heterocycles. The van der Waals surface area contributed by atoms with Crippen molar-refractivity contribution in [2.75, 3.05) is 0 Å². The van der Waals surface area contributed by atoms with Crippen molar-refractivity contribution in [3.05, 3.63) is 41.6 Å². The van der Waals surface area contributed by atoms with Gasteiger partial charge in [-0.3, -0.25) is 0 Å². The van der Waals surface area contributed by atoms with Gasteiger partial charge in [-0.25, -0.2) is 4.68 Å². The predicted molar refractivity (Wildman–Crippen MR) is 54.9 cm³/mol. The lowest BCUT2D eigenvalue weighted by Crippen LogP contribution is -2.00. The number of benzene rings is 1. The first-order valence-corrected chi connectivity index (χ1v) is 4.57. The first-order valence-electron chi connectivity index (χ1n) is 4.20. The normalized spacial score (nSPS) is 10.4. The summed E-state index contributed by atoms with van der Waals surface area (Å²) in [5.74, 6) is 0. The van der Waals surface area contributed by atoms with Crippen molar-refractivity contribution in [1.29, 1.82) is 0 Å². The summed E-state index contributed by atoms with van der Waals surface area (Å²) in [6.07, 6.45) is 1.65. The molecule has 14 heavy (non-hydrogen) atoms. The lowest BCUT2D eigenvalue weighted by molar-refractivity contribution is 0.197. The molecular weight excluding hydrogens is 200 g/mol. The predicted octanol–water partition coefficient (Wildman–Crippen LogP) is 2.15. The number of nitrogens with zero attached hydrogens (tertiary/aromatic N) is 2. The Morgan fingerprint density at radius 2 is 1.93 bits per heavy atom. The van der Waals surface area contributed by atoms with Crippen molar-refractivity contribution in [3.8, 4) is 11.3 Å². The van der Waals surface area contributed by atoms with Crippen LogP contribution in [0.4, 0.5) is 0 Å². The van der Waals surface area contributed by atoms with Gasteiger partial charge in [0.15, 0.2) is 0 Å². The van der Waals surface area contributed by atoms with Gasteiger partial charge in [0, 0.05) is 11.2 Å². The molecule has 2 aromatic rings. The van der Waals surface area contributed by atoms with Crippen molar-refractivity contribution in [1.82, 2.24) is 9.78 Å². The van der Waals surface area contributed by atoms with Gasteiger partial charge in [0.1, 0.15) is 6.73 Å². The number of halogens is 1. The van der Waals surface area contributed by atoms with E-state index in [1.165, 1.54) is 4.68 Å². The lowest BCUT2D eigenvalue weighted by atomic mass is 10.1. The molecule has 0 aliphatic rings. The van der Waals surface area contributed by atoms with E-state index in [9.17, 15) is 0 Å². The summed E-state index contributed by atoms with van der Waals surface area (Å²) in [6, 6.07) is 9.26. The number of aromatic nitrogens is 2. The van der Waals surface area contributed by atoms with E-state index in [0.29, 0.717) is 5.02 Å². The van der Waals surface area contributed by atoms with Crippen LogP contribution < -0.4 is 0 Å². The summed E-state index contributed by atoms with van der Waals surface area (Å²) in [5, 5.41) is 13.7. The number of hydrogen-bond donors (Lipinski definition) is 1. The van der Waals surface area contributed by atoms with Gasteiger partial charge < -0.3 is 5.11 Å². The molecule has 0 spiro atoms. The van der Waals surface area contributed by atoms with Crippen molar-refractivity contribution in [2.24, 2.45) is 0 Å². The van der Waals surface area contributed by atoms with Gasteiger partial charge in [-0.15, -0.1) is 0 Å². The smallest absolute Gasteiger partial charge is 0.136 e. The summed E-state index contributed by atoms with van der Waals surface area (Å²) >= 11 is 5.77. The van der Waals surface area contributed by atoms with E-state index in [1.54, 1.807) is 6.20 Å². The molecule has 2 rings (SSSR count). The van der Waals surface area contributed by atoms with Crippen LogP contribution in [-0.4, -0.2) is 14.9 Å². The highest BCUT2D eigenvalue weighted by molar-refractivity contribution is 6.30. The molecule has 0 amide bonds. The summed E-state index contributed by atoms with van der Waals surface area (Å²) < 4.78 is 1.52. The molecule has 0 radical (unpaired) electrons. The molecule has 1 N–H and O–H groups in total. The first kappa shape index (κ1) is 9.24. The van der Waals surface area contributed by atoms with Gasteiger partial charge in [0.2, 0.25) is 0 Å². The van der Waals surface area contributed by atoms with Crippen LogP contribution in [-0.2, 0) is 6.73 Å². The van der Waals surface area contributed by atoms with E-state index in [0.717, 1.165) is 11.3 Å². The Morgan fingerprint density at radius 3 is 2.57 bits per heavy atom. The van der Waals surface area contributed by atoms with Crippen molar-refractivity contribution < 1.29 is 5.11 Å². The maximum absolute atomic E-state index is 9.00. The number of aliphatic hydroxyl groups is 1. The number of hydrogen-bond acceptors (Lipinski definition) is 2. The average molecular weight is 209 g/mol. The van der Waals surface area contributed by atoms with Crippen molar-refractivity contribution >= 4 is 11.6 Å². The van der Waals surface area contributed by atoms with Crippen LogP contribution in [0.2, 0.25) is 5.02 Å². The fourth-order valence-electron chi connectivity index (χ4n) is 1.31. The van der Waals surface area contributed by atoms with E-state index in [4.69, 9.17) is 16.7 Å². The van der Waals surface area contributed by atoms with Crippen LogP contribution >= 0.6 is 11.6 Å². The molecule has 0 unspecified atom stereocenters. The van der Waals surface area contributed by atoms with Crippen LogP contribution in [0.5, 0.6) is 0 Å². The van der Waals surface area contributed by atoms with Crippen molar-refractivity contribution in [3.63, 3.8) is 0 Å². The zero-order valence-corrected chi connectivity index (χ0v) is 8.15. The van der Waals surface area contributed by atoms with Crippen LogP contribution in [0.3, 0.4) is 0 Å². The van der Waals surface area contributed by atoms with E-state index >= 15 is 0 Å². The van der Waals surface area contributed by atoms with E-state index in [-0.39, 0.29) is 6.73 Å². The monoisotopic (exact) mass is 208 g/mol. The zero-order chi connectivity index (χ0) is 9.97. The molecular formula is C10H9ClN2O. The Morgan fingerprint density at radius 1 is 1.21 bits per heavy atom. The molecule has 0 bridgehead atoms. The largest absolute Gasteiger partial charge is 0.374 e. The lowest BCUT2D eigenvalue weighted by Gasteiger charge is -2.03. The second-order valence-corrected chi connectivity index (χ2v) is 3.30. The Balaban J connectivity index is 2.44. The molecule has 0 atom stereocenters. The fraction of sp³-hybridized carbons (Fsp3) is 0.100. The minimum atomic E-state index is -0.120. The second-order valence-electron chi connectivity index (χ2n) is 2.86. The van der Waals surface area contributed by atoms with Gasteiger partial charge >= 0.3 is 0 Å². The molecule has 1 aromatic heterocycles. The third kappa shape index (κ3) is 1.64. The molecule has 72 valence electrons. The molecule has 0 saturated heterocycles. The molecule has 3 nitrogen and oxygen atoms in total. The quantitative estimate of drug-likeness (QED) is 0.821. The fourth-order valence-corrected chi connectivity index (χ4v) is 1.44. The highest BCUT2D eigenvalue weighted by Gasteiger charge is 2.03. The number of aliphatic hydroxyl groups excluding tert-OH is 1. The summed E-state index contributed by atoms with van der Waals surface area (Å²) in [5.41, 5.74) is 1.87. The van der Waals surface area contributed by atoms with Crippen molar-refractivity contribution in [2.45, 2.75) is 6.73 Å². The Bertz CT molecular complexity index is 422. The summed E-state index contributed by atoms with van der Waals surface area (Å²) in [4.78, 5) is 0. The standard InChI is InChI=1S/C10H9ClN2O/c11-9-3-1-8(2-4-9)10-5-6-12-13(10)7-14/h1-6,14H,7H2. The third-order valence-corrected chi connectivity index (χ3v) is 2.24. The van der Waals surface area contributed by atoms with E-state index in [2.05, 4.69) is 5.10 Å². The molecule has 0 aliphatic heterocycles. The van der Waals surface area contributed by atoms with Gasteiger partial charge in [-0.05, 0) is 23.8 Å². The van der Waals surface area contributed by atoms with Gasteiger partial charge in [-0.1, -0.05) is 23.7 Å². The second kappa shape index (κ2) is 3.82. The summed E-state index contributed by atoms with van der Waals surface area (Å²) in [6.45, 7) is -0.120. The van der Waals surface area contributed by atoms with Gasteiger partial charge in [0.25, 0.3) is 0 Å². The van der Waals surface area contributed by atoms with E-state index in [1.807, 2.05) is 30.3 Å². The van der Waals surface area contributed by atoms with Gasteiger partial charge in [0.05, 0.1) is 5.69 Å². The van der Waals surface area contributed by atoms with Crippen LogP contribution in [0, 0.1) is 0 Å². The third-order valence-electron chi connectivity index (χ3n) is 1.99. The molecule has 1 aromatic carbocycles. The molecule has 0 fully saturated rings. The van der Waals surface area contributed by atoms with Crippen LogP contribution in [0.1, 0.15) is 0 Å². The van der Waals surface area contributed by atoms with E-state index < -0.39 is 0 Å². The SMILES string of the molecule is OCn1nccc1-c1ccc(Cl)cc1. The minimum absolute atomic E-state index is 0.120. The molecule has 4 heteroatoms. The Hall–Kier alpha value is -1.32. The Labute approximate surface area is 86.6 Å². The van der Waals surface area contributed by atoms with Gasteiger partial charge in [-0.2, -0.15) is 5.10 Å². The zero-order valence-electron chi connectivity index (χ0n) is 7.39. The number of rotatable bonds is 2.